The molecule has 0 saturated heterocycles. The van der Waals surface area contributed by atoms with Crippen molar-refractivity contribution in [1.82, 2.24) is 5.32 Å². The molecule has 0 atom stereocenters. The molecule has 1 aromatic carbocycles. The van der Waals surface area contributed by atoms with Gasteiger partial charge in [-0.2, -0.15) is 13.2 Å². The lowest BCUT2D eigenvalue weighted by Crippen LogP contribution is -2.24. The van der Waals surface area contributed by atoms with Crippen molar-refractivity contribution in [3.05, 3.63) is 41.6 Å². The molecule has 2 amide bonds. The predicted molar refractivity (Wildman–Crippen MR) is 79.3 cm³/mol. The van der Waals surface area contributed by atoms with Gasteiger partial charge in [-0.25, -0.2) is 4.79 Å². The monoisotopic (exact) mass is 312 g/mol. The van der Waals surface area contributed by atoms with Gasteiger partial charge in [0.2, 0.25) is 0 Å². The number of halogens is 3. The molecule has 0 radical (unpaired) electrons. The van der Waals surface area contributed by atoms with E-state index in [1.165, 1.54) is 25.0 Å². The lowest BCUT2D eigenvalue weighted by atomic mass is 10.0. The second-order valence-electron chi connectivity index (χ2n) is 5.54. The van der Waals surface area contributed by atoms with E-state index in [0.29, 0.717) is 11.6 Å². The predicted octanol–water partition coefficient (Wildman–Crippen LogP) is 4.92. The molecule has 3 nitrogen and oxygen atoms in total. The van der Waals surface area contributed by atoms with Crippen molar-refractivity contribution in [3.63, 3.8) is 0 Å². The van der Waals surface area contributed by atoms with Crippen LogP contribution < -0.4 is 10.6 Å². The number of hydrogen-bond acceptors (Lipinski definition) is 1. The van der Waals surface area contributed by atoms with E-state index in [1.54, 1.807) is 6.20 Å². The van der Waals surface area contributed by atoms with Crippen molar-refractivity contribution < 1.29 is 18.0 Å². The van der Waals surface area contributed by atoms with Crippen molar-refractivity contribution >= 4 is 11.7 Å². The number of anilines is 1. The molecule has 22 heavy (non-hydrogen) atoms. The molecular formula is C16H19F3N2O. The fraction of sp³-hybridized carbons (Fsp3) is 0.438. The Morgan fingerprint density at radius 3 is 2.32 bits per heavy atom. The molecule has 2 rings (SSSR count). The number of hydrogen-bond donors (Lipinski definition) is 2. The van der Waals surface area contributed by atoms with Gasteiger partial charge >= 0.3 is 12.2 Å². The first-order valence-corrected chi connectivity index (χ1v) is 7.27. The summed E-state index contributed by atoms with van der Waals surface area (Å²) in [5.74, 6) is 0.520. The first kappa shape index (κ1) is 16.4. The van der Waals surface area contributed by atoms with Crippen LogP contribution in [0.25, 0.3) is 0 Å². The Morgan fingerprint density at radius 1 is 1.18 bits per heavy atom. The number of urea groups is 1. The van der Waals surface area contributed by atoms with Crippen LogP contribution in [-0.2, 0) is 6.18 Å². The Balaban J connectivity index is 1.87. The summed E-state index contributed by atoms with van der Waals surface area (Å²) < 4.78 is 37.3. The molecule has 0 spiro atoms. The van der Waals surface area contributed by atoms with Crippen LogP contribution in [0, 0.1) is 5.92 Å². The summed E-state index contributed by atoms with van der Waals surface area (Å²) in [4.78, 5) is 11.7. The summed E-state index contributed by atoms with van der Waals surface area (Å²) in [6, 6.07) is 3.88. The summed E-state index contributed by atoms with van der Waals surface area (Å²) in [5.41, 5.74) is 0.702. The van der Waals surface area contributed by atoms with E-state index >= 15 is 0 Å². The first-order valence-electron chi connectivity index (χ1n) is 7.27. The Labute approximate surface area is 127 Å². The maximum Gasteiger partial charge on any atom is 0.416 e. The van der Waals surface area contributed by atoms with Gasteiger partial charge in [0.25, 0.3) is 0 Å². The van der Waals surface area contributed by atoms with Crippen molar-refractivity contribution in [2.75, 3.05) is 5.32 Å². The third-order valence-corrected chi connectivity index (χ3v) is 3.90. The van der Waals surface area contributed by atoms with Gasteiger partial charge < -0.3 is 10.6 Å². The largest absolute Gasteiger partial charge is 0.416 e. The molecule has 1 aliphatic rings. The van der Waals surface area contributed by atoms with Crippen molar-refractivity contribution in [3.8, 4) is 0 Å². The summed E-state index contributed by atoms with van der Waals surface area (Å²) in [5, 5.41) is 5.12. The van der Waals surface area contributed by atoms with Gasteiger partial charge in [-0.3, -0.25) is 0 Å². The fourth-order valence-corrected chi connectivity index (χ4v) is 2.59. The number of nitrogens with one attached hydrogen (secondary N) is 2. The molecule has 120 valence electrons. The van der Waals surface area contributed by atoms with Gasteiger partial charge in [0.1, 0.15) is 0 Å². The summed E-state index contributed by atoms with van der Waals surface area (Å²) >= 11 is 0. The van der Waals surface area contributed by atoms with Crippen LogP contribution in [0.3, 0.4) is 0 Å². The van der Waals surface area contributed by atoms with E-state index < -0.39 is 17.8 Å². The maximum atomic E-state index is 12.4. The highest BCUT2D eigenvalue weighted by atomic mass is 19.4. The number of benzene rings is 1. The molecule has 0 unspecified atom stereocenters. The smallest absolute Gasteiger partial charge is 0.314 e. The highest BCUT2D eigenvalue weighted by Crippen LogP contribution is 2.31. The Bertz CT molecular complexity index is 544. The van der Waals surface area contributed by atoms with Gasteiger partial charge in [0.05, 0.1) is 5.56 Å². The molecule has 0 aliphatic heterocycles. The van der Waals surface area contributed by atoms with Crippen LogP contribution >= 0.6 is 0 Å². The maximum absolute atomic E-state index is 12.4. The highest BCUT2D eigenvalue weighted by molar-refractivity contribution is 5.89. The standard InChI is InChI=1S/C16H19F3N2O/c1-11(12-4-2-3-5-12)10-20-15(22)21-14-8-6-13(7-9-14)16(17,18)19/h6-10,12H,2-5H2,1H3,(H2,20,21,22)/b11-10+. The number of alkyl halides is 3. The number of carbonyl (C=O) groups is 1. The minimum atomic E-state index is -4.37. The lowest BCUT2D eigenvalue weighted by Gasteiger charge is -2.11. The van der Waals surface area contributed by atoms with Gasteiger partial charge in [-0.15, -0.1) is 0 Å². The SMILES string of the molecule is C/C(=C\NC(=O)Nc1ccc(C(F)(F)F)cc1)C1CCCC1. The Kier molecular flexibility index (Phi) is 5.11. The van der Waals surface area contributed by atoms with Gasteiger partial charge in [0, 0.05) is 11.9 Å². The highest BCUT2D eigenvalue weighted by Gasteiger charge is 2.29. The second kappa shape index (κ2) is 6.85. The molecule has 0 heterocycles. The number of amides is 2. The summed E-state index contributed by atoms with van der Waals surface area (Å²) in [6.45, 7) is 1.98. The van der Waals surface area contributed by atoms with Gasteiger partial charge in [0.15, 0.2) is 0 Å². The second-order valence-corrected chi connectivity index (χ2v) is 5.54. The topological polar surface area (TPSA) is 41.1 Å². The molecule has 0 bridgehead atoms. The third-order valence-electron chi connectivity index (χ3n) is 3.90. The van der Waals surface area contributed by atoms with Crippen molar-refractivity contribution in [2.24, 2.45) is 5.92 Å². The van der Waals surface area contributed by atoms with Crippen LogP contribution in [0.2, 0.25) is 0 Å². The number of allylic oxidation sites excluding steroid dienone is 1. The molecule has 1 fully saturated rings. The van der Waals surface area contributed by atoms with E-state index in [0.717, 1.165) is 30.5 Å². The molecule has 1 aliphatic carbocycles. The van der Waals surface area contributed by atoms with Gasteiger partial charge in [-0.1, -0.05) is 18.4 Å². The zero-order valence-corrected chi connectivity index (χ0v) is 12.3. The van der Waals surface area contributed by atoms with E-state index in [-0.39, 0.29) is 0 Å². The van der Waals surface area contributed by atoms with Crippen molar-refractivity contribution in [1.29, 1.82) is 0 Å². The van der Waals surface area contributed by atoms with E-state index in [2.05, 4.69) is 10.6 Å². The minimum absolute atomic E-state index is 0.317. The van der Waals surface area contributed by atoms with Gasteiger partial charge in [-0.05, 0) is 49.9 Å². The quantitative estimate of drug-likeness (QED) is 0.817. The summed E-state index contributed by atoms with van der Waals surface area (Å²) in [6.07, 6.45) is 2.02. The molecular weight excluding hydrogens is 293 g/mol. The fourth-order valence-electron chi connectivity index (χ4n) is 2.59. The van der Waals surface area contributed by atoms with Crippen LogP contribution in [0.4, 0.5) is 23.7 Å². The average molecular weight is 312 g/mol. The zero-order valence-electron chi connectivity index (χ0n) is 12.3. The number of carbonyl (C=O) groups excluding carboxylic acids is 1. The van der Waals surface area contributed by atoms with Crippen LogP contribution in [0.15, 0.2) is 36.0 Å². The molecule has 0 aromatic heterocycles. The summed E-state index contributed by atoms with van der Waals surface area (Å²) in [7, 11) is 0. The Hall–Kier alpha value is -1.98. The average Bonchev–Trinajstić information content (AvgIpc) is 2.98. The molecule has 1 saturated carbocycles. The van der Waals surface area contributed by atoms with Crippen LogP contribution in [-0.4, -0.2) is 6.03 Å². The third kappa shape index (κ3) is 4.51. The first-order chi connectivity index (χ1) is 10.4. The molecule has 1 aromatic rings. The van der Waals surface area contributed by atoms with Crippen LogP contribution in [0.1, 0.15) is 38.2 Å². The molecule has 6 heteroatoms. The van der Waals surface area contributed by atoms with E-state index in [9.17, 15) is 18.0 Å². The molecule has 2 N–H and O–H groups in total. The normalized spacial score (nSPS) is 16.6. The van der Waals surface area contributed by atoms with E-state index in [4.69, 9.17) is 0 Å². The zero-order chi connectivity index (χ0) is 16.2. The minimum Gasteiger partial charge on any atom is -0.314 e. The Morgan fingerprint density at radius 2 is 1.77 bits per heavy atom. The number of rotatable bonds is 3. The van der Waals surface area contributed by atoms with E-state index in [1.807, 2.05) is 6.92 Å². The van der Waals surface area contributed by atoms with Crippen molar-refractivity contribution in [2.45, 2.75) is 38.8 Å². The lowest BCUT2D eigenvalue weighted by molar-refractivity contribution is -0.137. The van der Waals surface area contributed by atoms with Crippen LogP contribution in [0.5, 0.6) is 0 Å².